The zero-order valence-electron chi connectivity index (χ0n) is 16.3. The van der Waals surface area contributed by atoms with Crippen LogP contribution >= 0.6 is 23.2 Å². The van der Waals surface area contributed by atoms with Gasteiger partial charge in [0.1, 0.15) is 5.82 Å². The molecule has 4 heterocycles. The highest BCUT2D eigenvalue weighted by Gasteiger charge is 2.29. The van der Waals surface area contributed by atoms with Gasteiger partial charge in [-0.15, -0.1) is 0 Å². The third kappa shape index (κ3) is 2.81. The minimum Gasteiger partial charge on any atom is -0.323 e. The molecule has 3 N–H and O–H groups in total. The molecular weight excluding hydrogens is 435 g/mol. The van der Waals surface area contributed by atoms with Gasteiger partial charge in [-0.3, -0.25) is 10.1 Å². The number of H-pyrrole nitrogens is 1. The van der Waals surface area contributed by atoms with E-state index < -0.39 is 0 Å². The second-order valence-electron chi connectivity index (χ2n) is 7.64. The van der Waals surface area contributed by atoms with Crippen LogP contribution in [0.4, 0.5) is 11.6 Å². The first-order valence-corrected chi connectivity index (χ1v) is 10.5. The molecule has 0 saturated heterocycles. The molecular formula is C22H16Cl2N6O. The lowest BCUT2D eigenvalue weighted by Gasteiger charge is -2.11. The van der Waals surface area contributed by atoms with Crippen LogP contribution in [0.3, 0.4) is 0 Å². The van der Waals surface area contributed by atoms with Gasteiger partial charge in [0.15, 0.2) is 0 Å². The number of hydrogen-bond acceptors (Lipinski definition) is 5. The molecule has 0 aliphatic carbocycles. The first-order valence-electron chi connectivity index (χ1n) is 9.76. The summed E-state index contributed by atoms with van der Waals surface area (Å²) in [5.41, 5.74) is 3.32. The van der Waals surface area contributed by atoms with E-state index in [2.05, 4.69) is 38.8 Å². The highest BCUT2D eigenvalue weighted by molar-refractivity contribution is 6.39. The zero-order valence-corrected chi connectivity index (χ0v) is 17.8. The predicted molar refractivity (Wildman–Crippen MR) is 124 cm³/mol. The van der Waals surface area contributed by atoms with Crippen molar-refractivity contribution in [2.75, 3.05) is 5.32 Å². The molecule has 2 aromatic carbocycles. The maximum Gasteiger partial charge on any atom is 0.261 e. The molecule has 2 atom stereocenters. The maximum absolute atomic E-state index is 13.1. The molecule has 6 rings (SSSR count). The van der Waals surface area contributed by atoms with E-state index in [1.165, 1.54) is 0 Å². The summed E-state index contributed by atoms with van der Waals surface area (Å²) in [6.45, 7) is 0. The Balaban J connectivity index is 1.50. The lowest BCUT2D eigenvalue weighted by molar-refractivity contribution is 0.753. The summed E-state index contributed by atoms with van der Waals surface area (Å²) >= 11 is 12.6. The molecule has 9 heteroatoms. The minimum atomic E-state index is -0.205. The molecule has 4 aromatic rings. The van der Waals surface area contributed by atoms with Gasteiger partial charge in [0.25, 0.3) is 5.56 Å². The molecule has 0 radical (unpaired) electrons. The van der Waals surface area contributed by atoms with Crippen LogP contribution in [0.15, 0.2) is 53.4 Å². The van der Waals surface area contributed by atoms with Gasteiger partial charge < -0.3 is 14.9 Å². The van der Waals surface area contributed by atoms with Crippen molar-refractivity contribution in [2.24, 2.45) is 7.05 Å². The molecule has 31 heavy (non-hydrogen) atoms. The number of imidazole rings is 1. The largest absolute Gasteiger partial charge is 0.323 e. The van der Waals surface area contributed by atoms with E-state index in [-0.39, 0.29) is 17.6 Å². The highest BCUT2D eigenvalue weighted by Crippen LogP contribution is 2.34. The monoisotopic (exact) mass is 450 g/mol. The van der Waals surface area contributed by atoms with Crippen LogP contribution in [0.5, 0.6) is 0 Å². The number of rotatable bonds is 3. The van der Waals surface area contributed by atoms with Crippen LogP contribution in [-0.4, -0.2) is 31.6 Å². The second-order valence-corrected chi connectivity index (χ2v) is 8.45. The zero-order chi connectivity index (χ0) is 21.3. The Morgan fingerprint density at radius 3 is 2.55 bits per heavy atom. The average Bonchev–Trinajstić information content (AvgIpc) is 3.46. The second kappa shape index (κ2) is 6.68. The molecule has 0 spiro atoms. The van der Waals surface area contributed by atoms with E-state index in [9.17, 15) is 4.79 Å². The first-order chi connectivity index (χ1) is 15.0. The summed E-state index contributed by atoms with van der Waals surface area (Å²) in [5, 5.41) is 8.05. The number of nitrogens with one attached hydrogen (secondary N) is 3. The van der Waals surface area contributed by atoms with Gasteiger partial charge in [-0.05, 0) is 24.3 Å². The van der Waals surface area contributed by atoms with E-state index in [1.54, 1.807) is 18.2 Å². The van der Waals surface area contributed by atoms with Crippen LogP contribution < -0.4 is 16.2 Å². The number of aromatic nitrogens is 4. The third-order valence-electron chi connectivity index (χ3n) is 5.76. The number of aryl methyl sites for hydroxylation is 1. The normalized spacial score (nSPS) is 19.5. The van der Waals surface area contributed by atoms with Gasteiger partial charge in [0, 0.05) is 18.7 Å². The third-order valence-corrected chi connectivity index (χ3v) is 6.39. The SMILES string of the molecule is Cn1c(Nc2c(Cl)cccc2Cl)nc2ccc3nc(C4=CC5C=CC4N5)[nH]c(=O)c3c21. The van der Waals surface area contributed by atoms with E-state index in [4.69, 9.17) is 28.2 Å². The van der Waals surface area contributed by atoms with Crippen LogP contribution in [0.1, 0.15) is 5.82 Å². The molecule has 0 amide bonds. The Morgan fingerprint density at radius 2 is 1.84 bits per heavy atom. The molecule has 0 saturated carbocycles. The first kappa shape index (κ1) is 18.6. The Morgan fingerprint density at radius 1 is 1.06 bits per heavy atom. The Bertz CT molecular complexity index is 1500. The van der Waals surface area contributed by atoms with Gasteiger partial charge >= 0.3 is 0 Å². The molecule has 2 aliphatic heterocycles. The standard InChI is InChI=1S/C22H16Cl2N6O/c1-30-19-16(27-22(30)28-18-12(23)3-2-4-13(18)24)8-7-15-17(19)21(31)29-20(26-15)11-9-10-5-6-14(11)25-10/h2-10,14,25H,1H3,(H,27,28)(H,26,29,31). The molecule has 154 valence electrons. The van der Waals surface area contributed by atoms with E-state index in [0.717, 1.165) is 5.57 Å². The van der Waals surface area contributed by atoms with Crippen LogP contribution in [0.25, 0.3) is 27.5 Å². The fourth-order valence-electron chi connectivity index (χ4n) is 4.28. The van der Waals surface area contributed by atoms with Crippen molar-refractivity contribution in [3.8, 4) is 0 Å². The molecule has 2 unspecified atom stereocenters. The summed E-state index contributed by atoms with van der Waals surface area (Å²) in [6, 6.07) is 9.25. The van der Waals surface area contributed by atoms with Gasteiger partial charge in [0.2, 0.25) is 5.95 Å². The summed E-state index contributed by atoms with van der Waals surface area (Å²) in [6.07, 6.45) is 6.28. The van der Waals surface area contributed by atoms with Crippen molar-refractivity contribution in [1.29, 1.82) is 0 Å². The smallest absolute Gasteiger partial charge is 0.261 e. The fraction of sp³-hybridized carbons (Fsp3) is 0.136. The van der Waals surface area contributed by atoms with Crippen LogP contribution in [-0.2, 0) is 7.05 Å². The van der Waals surface area contributed by atoms with Crippen molar-refractivity contribution in [3.05, 3.63) is 74.8 Å². The van der Waals surface area contributed by atoms with Crippen molar-refractivity contribution < 1.29 is 0 Å². The van der Waals surface area contributed by atoms with Gasteiger partial charge in [-0.1, -0.05) is 47.5 Å². The molecule has 7 nitrogen and oxygen atoms in total. The molecule has 2 bridgehead atoms. The van der Waals surface area contributed by atoms with E-state index in [0.29, 0.717) is 49.4 Å². The number of benzene rings is 2. The van der Waals surface area contributed by atoms with Crippen LogP contribution in [0.2, 0.25) is 10.0 Å². The van der Waals surface area contributed by atoms with Crippen molar-refractivity contribution in [2.45, 2.75) is 12.1 Å². The molecule has 2 aromatic heterocycles. The number of aromatic amines is 1. The van der Waals surface area contributed by atoms with Crippen LogP contribution in [0, 0.1) is 0 Å². The number of fused-ring (bicyclic) bond motifs is 5. The molecule has 2 aliphatic rings. The summed E-state index contributed by atoms with van der Waals surface area (Å²) in [5.74, 6) is 1.11. The van der Waals surface area contributed by atoms with E-state index >= 15 is 0 Å². The number of halogens is 2. The van der Waals surface area contributed by atoms with Gasteiger partial charge in [-0.25, -0.2) is 9.97 Å². The number of anilines is 2. The van der Waals surface area contributed by atoms with Gasteiger partial charge in [-0.2, -0.15) is 0 Å². The number of nitrogens with zero attached hydrogens (tertiary/aromatic N) is 3. The predicted octanol–water partition coefficient (Wildman–Crippen LogP) is 4.15. The number of para-hydroxylation sites is 1. The lowest BCUT2D eigenvalue weighted by atomic mass is 10.0. The summed E-state index contributed by atoms with van der Waals surface area (Å²) in [4.78, 5) is 25.5. The van der Waals surface area contributed by atoms with Crippen molar-refractivity contribution in [3.63, 3.8) is 0 Å². The average molecular weight is 451 g/mol. The maximum atomic E-state index is 13.1. The topological polar surface area (TPSA) is 87.6 Å². The molecule has 0 fully saturated rings. The summed E-state index contributed by atoms with van der Waals surface area (Å²) in [7, 11) is 1.84. The minimum absolute atomic E-state index is 0.0854. The Hall–Kier alpha value is -3.13. The van der Waals surface area contributed by atoms with Crippen molar-refractivity contribution in [1.82, 2.24) is 24.8 Å². The number of hydrogen-bond donors (Lipinski definition) is 3. The van der Waals surface area contributed by atoms with Crippen molar-refractivity contribution >= 4 is 62.3 Å². The van der Waals surface area contributed by atoms with Gasteiger partial charge in [0.05, 0.1) is 43.7 Å². The Kier molecular flexibility index (Phi) is 4.02. The summed E-state index contributed by atoms with van der Waals surface area (Å²) < 4.78 is 1.81. The Labute approximate surface area is 186 Å². The lowest BCUT2D eigenvalue weighted by Crippen LogP contribution is -2.23. The fourth-order valence-corrected chi connectivity index (χ4v) is 4.77. The van der Waals surface area contributed by atoms with E-state index in [1.807, 2.05) is 23.7 Å². The quantitative estimate of drug-likeness (QED) is 0.408. The highest BCUT2D eigenvalue weighted by atomic mass is 35.5.